The van der Waals surface area contributed by atoms with Crippen molar-refractivity contribution in [2.24, 2.45) is 0 Å². The van der Waals surface area contributed by atoms with E-state index in [1.54, 1.807) is 25.3 Å². The molecule has 17 heavy (non-hydrogen) atoms. The highest BCUT2D eigenvalue weighted by Crippen LogP contribution is 2.12. The number of hydrogen-bond donors (Lipinski definition) is 2. The molecule has 0 aromatic heterocycles. The molecule has 0 saturated heterocycles. The van der Waals surface area contributed by atoms with E-state index in [1.165, 1.54) is 0 Å². The lowest BCUT2D eigenvalue weighted by Gasteiger charge is -2.13. The average Bonchev–Trinajstić information content (AvgIpc) is 2.30. The summed E-state index contributed by atoms with van der Waals surface area (Å²) >= 11 is 0. The molecule has 4 nitrogen and oxygen atoms in total. The summed E-state index contributed by atoms with van der Waals surface area (Å²) in [6.07, 6.45) is 0.802. The molecule has 0 aliphatic carbocycles. The monoisotopic (exact) mass is 236 g/mol. The molecule has 4 heteroatoms. The highest BCUT2D eigenvalue weighted by Gasteiger charge is 2.10. The third-order valence-corrected chi connectivity index (χ3v) is 2.66. The Hall–Kier alpha value is -1.55. The Labute approximate surface area is 102 Å². The number of aryl methyl sites for hydroxylation is 1. The minimum absolute atomic E-state index is 0.0725. The molecular weight excluding hydrogens is 216 g/mol. The van der Waals surface area contributed by atoms with E-state index < -0.39 is 0 Å². The number of carbonyl (C=O) groups excluding carboxylic acids is 1. The summed E-state index contributed by atoms with van der Waals surface area (Å²) in [5.41, 5.74) is 7.97. The number of methoxy groups -OCH3 is 1. The number of carbonyl (C=O) groups is 1. The van der Waals surface area contributed by atoms with Gasteiger partial charge in [-0.15, -0.1) is 0 Å². The van der Waals surface area contributed by atoms with E-state index >= 15 is 0 Å². The Morgan fingerprint density at radius 3 is 2.82 bits per heavy atom. The topological polar surface area (TPSA) is 64.3 Å². The Morgan fingerprint density at radius 1 is 1.53 bits per heavy atom. The molecular formula is C13H20N2O2. The van der Waals surface area contributed by atoms with Crippen LogP contribution in [-0.4, -0.2) is 25.7 Å². The van der Waals surface area contributed by atoms with Crippen molar-refractivity contribution in [1.82, 2.24) is 5.32 Å². The van der Waals surface area contributed by atoms with Crippen LogP contribution in [0.1, 0.15) is 29.3 Å². The maximum atomic E-state index is 11.9. The van der Waals surface area contributed by atoms with Gasteiger partial charge in [0.1, 0.15) is 0 Å². The lowest BCUT2D eigenvalue weighted by Crippen LogP contribution is -2.33. The third kappa shape index (κ3) is 4.07. The zero-order valence-corrected chi connectivity index (χ0v) is 10.6. The molecule has 0 heterocycles. The maximum absolute atomic E-state index is 11.9. The van der Waals surface area contributed by atoms with Gasteiger partial charge in [-0.25, -0.2) is 0 Å². The van der Waals surface area contributed by atoms with Crippen molar-refractivity contribution in [3.8, 4) is 0 Å². The smallest absolute Gasteiger partial charge is 0.251 e. The second-order valence-corrected chi connectivity index (χ2v) is 4.23. The average molecular weight is 236 g/mol. The molecule has 1 aromatic carbocycles. The zero-order valence-electron chi connectivity index (χ0n) is 10.6. The molecule has 0 spiro atoms. The summed E-state index contributed by atoms with van der Waals surface area (Å²) in [5, 5.41) is 2.92. The van der Waals surface area contributed by atoms with Crippen molar-refractivity contribution >= 4 is 11.6 Å². The van der Waals surface area contributed by atoms with Gasteiger partial charge in [0.15, 0.2) is 0 Å². The Morgan fingerprint density at radius 2 is 2.24 bits per heavy atom. The van der Waals surface area contributed by atoms with Crippen LogP contribution in [0.4, 0.5) is 5.69 Å². The van der Waals surface area contributed by atoms with Crippen molar-refractivity contribution in [1.29, 1.82) is 0 Å². The van der Waals surface area contributed by atoms with Crippen LogP contribution < -0.4 is 11.1 Å². The first-order valence-electron chi connectivity index (χ1n) is 5.70. The second-order valence-electron chi connectivity index (χ2n) is 4.23. The van der Waals surface area contributed by atoms with Crippen LogP contribution in [0.25, 0.3) is 0 Å². The fraction of sp³-hybridized carbons (Fsp3) is 0.462. The van der Waals surface area contributed by atoms with Crippen LogP contribution in [0.15, 0.2) is 18.2 Å². The molecule has 0 fully saturated rings. The number of nitrogen functional groups attached to an aromatic ring is 1. The molecule has 1 atom stereocenters. The van der Waals surface area contributed by atoms with Crippen LogP contribution >= 0.6 is 0 Å². The summed E-state index contributed by atoms with van der Waals surface area (Å²) < 4.78 is 4.97. The maximum Gasteiger partial charge on any atom is 0.251 e. The van der Waals surface area contributed by atoms with E-state index in [0.717, 1.165) is 12.0 Å². The number of rotatable bonds is 5. The van der Waals surface area contributed by atoms with Crippen molar-refractivity contribution in [2.75, 3.05) is 19.5 Å². The molecule has 3 N–H and O–H groups in total. The van der Waals surface area contributed by atoms with Gasteiger partial charge in [0, 0.05) is 31.0 Å². The van der Waals surface area contributed by atoms with E-state index in [9.17, 15) is 4.79 Å². The van der Waals surface area contributed by atoms with Crippen LogP contribution in [0.2, 0.25) is 0 Å². The van der Waals surface area contributed by atoms with Gasteiger partial charge in [-0.3, -0.25) is 4.79 Å². The Bertz CT molecular complexity index is 391. The standard InChI is InChI=1S/C13H20N2O2/c1-9-8-11(4-5-12(9)14)13(16)15-10(2)6-7-17-3/h4-5,8,10H,6-7,14H2,1-3H3,(H,15,16). The van der Waals surface area contributed by atoms with Gasteiger partial charge < -0.3 is 15.8 Å². The van der Waals surface area contributed by atoms with Crippen molar-refractivity contribution in [3.63, 3.8) is 0 Å². The highest BCUT2D eigenvalue weighted by molar-refractivity contribution is 5.95. The van der Waals surface area contributed by atoms with E-state index in [1.807, 2.05) is 13.8 Å². The van der Waals surface area contributed by atoms with Crippen LogP contribution in [0.5, 0.6) is 0 Å². The minimum Gasteiger partial charge on any atom is -0.399 e. The molecule has 0 aliphatic rings. The number of amides is 1. The van der Waals surface area contributed by atoms with Crippen molar-refractivity contribution < 1.29 is 9.53 Å². The summed E-state index contributed by atoms with van der Waals surface area (Å²) in [6, 6.07) is 5.39. The molecule has 1 aromatic rings. The predicted molar refractivity (Wildman–Crippen MR) is 69.0 cm³/mol. The molecule has 1 rings (SSSR count). The van der Waals surface area contributed by atoms with E-state index in [4.69, 9.17) is 10.5 Å². The molecule has 94 valence electrons. The molecule has 1 amide bonds. The van der Waals surface area contributed by atoms with Gasteiger partial charge in [0.25, 0.3) is 5.91 Å². The van der Waals surface area contributed by atoms with Gasteiger partial charge >= 0.3 is 0 Å². The lowest BCUT2D eigenvalue weighted by atomic mass is 10.1. The first-order valence-corrected chi connectivity index (χ1v) is 5.70. The van der Waals surface area contributed by atoms with Gasteiger partial charge in [-0.2, -0.15) is 0 Å². The van der Waals surface area contributed by atoms with Gasteiger partial charge in [0.2, 0.25) is 0 Å². The zero-order chi connectivity index (χ0) is 12.8. The van der Waals surface area contributed by atoms with Crippen molar-refractivity contribution in [2.45, 2.75) is 26.3 Å². The normalized spacial score (nSPS) is 12.2. The quantitative estimate of drug-likeness (QED) is 0.765. The Balaban J connectivity index is 2.60. The van der Waals surface area contributed by atoms with Crippen LogP contribution in [-0.2, 0) is 4.74 Å². The molecule has 0 aliphatic heterocycles. The summed E-state index contributed by atoms with van der Waals surface area (Å²) in [7, 11) is 1.65. The summed E-state index contributed by atoms with van der Waals surface area (Å²) in [6.45, 7) is 4.49. The predicted octanol–water partition coefficient (Wildman–Crippen LogP) is 1.73. The summed E-state index contributed by atoms with van der Waals surface area (Å²) in [5.74, 6) is -0.0725. The number of nitrogens with one attached hydrogen (secondary N) is 1. The fourth-order valence-electron chi connectivity index (χ4n) is 1.49. The SMILES string of the molecule is COCCC(C)NC(=O)c1ccc(N)c(C)c1. The van der Waals surface area contributed by atoms with Gasteiger partial charge in [-0.05, 0) is 44.0 Å². The Kier molecular flexibility index (Phi) is 4.97. The molecule has 0 bridgehead atoms. The number of anilines is 1. The number of ether oxygens (including phenoxy) is 1. The number of nitrogens with two attached hydrogens (primary N) is 1. The first-order chi connectivity index (χ1) is 8.04. The number of benzene rings is 1. The largest absolute Gasteiger partial charge is 0.399 e. The molecule has 0 saturated carbocycles. The van der Waals surface area contributed by atoms with E-state index in [0.29, 0.717) is 17.9 Å². The van der Waals surface area contributed by atoms with Crippen LogP contribution in [0, 0.1) is 6.92 Å². The van der Waals surface area contributed by atoms with Gasteiger partial charge in [-0.1, -0.05) is 0 Å². The van der Waals surface area contributed by atoms with Crippen LogP contribution in [0.3, 0.4) is 0 Å². The van der Waals surface area contributed by atoms with E-state index in [2.05, 4.69) is 5.32 Å². The fourth-order valence-corrected chi connectivity index (χ4v) is 1.49. The van der Waals surface area contributed by atoms with E-state index in [-0.39, 0.29) is 11.9 Å². The third-order valence-electron chi connectivity index (χ3n) is 2.66. The first kappa shape index (κ1) is 13.5. The highest BCUT2D eigenvalue weighted by atomic mass is 16.5. The number of hydrogen-bond acceptors (Lipinski definition) is 3. The summed E-state index contributed by atoms with van der Waals surface area (Å²) in [4.78, 5) is 11.9. The molecule has 0 radical (unpaired) electrons. The second kappa shape index (κ2) is 6.25. The van der Waals surface area contributed by atoms with Gasteiger partial charge in [0.05, 0.1) is 0 Å². The van der Waals surface area contributed by atoms with Crippen molar-refractivity contribution in [3.05, 3.63) is 29.3 Å². The molecule has 1 unspecified atom stereocenters. The lowest BCUT2D eigenvalue weighted by molar-refractivity contribution is 0.0929. The minimum atomic E-state index is -0.0725.